The highest BCUT2D eigenvalue weighted by molar-refractivity contribution is 7.80. The van der Waals surface area contributed by atoms with Gasteiger partial charge >= 0.3 is 0 Å². The van der Waals surface area contributed by atoms with Gasteiger partial charge in [0.25, 0.3) is 0 Å². The Kier molecular flexibility index (Phi) is 2.61. The molecule has 2 aromatic rings. The van der Waals surface area contributed by atoms with E-state index in [1.807, 2.05) is 5.38 Å². The van der Waals surface area contributed by atoms with E-state index in [1.165, 1.54) is 16.7 Å². The van der Waals surface area contributed by atoms with Crippen molar-refractivity contribution in [2.24, 2.45) is 0 Å². The Labute approximate surface area is 93.2 Å². The molecular formula is C11H11NS2. The SMILES string of the molecule is Cc1cccc(-c2nc(S)cs2)c1C. The van der Waals surface area contributed by atoms with Crippen molar-refractivity contribution in [3.63, 3.8) is 0 Å². The third-order valence-electron chi connectivity index (χ3n) is 2.33. The second-order valence-electron chi connectivity index (χ2n) is 3.26. The first-order valence-electron chi connectivity index (χ1n) is 4.39. The normalized spacial score (nSPS) is 10.5. The van der Waals surface area contributed by atoms with Crippen LogP contribution in [0.25, 0.3) is 10.6 Å². The lowest BCUT2D eigenvalue weighted by atomic mass is 10.0. The summed E-state index contributed by atoms with van der Waals surface area (Å²) in [6.07, 6.45) is 0. The fourth-order valence-electron chi connectivity index (χ4n) is 1.37. The van der Waals surface area contributed by atoms with E-state index >= 15 is 0 Å². The molecule has 0 radical (unpaired) electrons. The number of rotatable bonds is 1. The van der Waals surface area contributed by atoms with Gasteiger partial charge in [0.15, 0.2) is 0 Å². The quantitative estimate of drug-likeness (QED) is 0.724. The third-order valence-corrected chi connectivity index (χ3v) is 3.61. The van der Waals surface area contributed by atoms with Gasteiger partial charge in [0.1, 0.15) is 10.0 Å². The van der Waals surface area contributed by atoms with Crippen molar-refractivity contribution in [3.8, 4) is 10.6 Å². The molecule has 0 atom stereocenters. The molecule has 0 saturated carbocycles. The summed E-state index contributed by atoms with van der Waals surface area (Å²) in [5, 5.41) is 3.81. The van der Waals surface area contributed by atoms with Crippen molar-refractivity contribution in [1.29, 1.82) is 0 Å². The van der Waals surface area contributed by atoms with Crippen LogP contribution in [-0.2, 0) is 0 Å². The molecule has 0 amide bonds. The number of benzene rings is 1. The van der Waals surface area contributed by atoms with Crippen LogP contribution in [0.3, 0.4) is 0 Å². The van der Waals surface area contributed by atoms with E-state index in [-0.39, 0.29) is 0 Å². The Hall–Kier alpha value is -0.800. The second-order valence-corrected chi connectivity index (χ2v) is 4.57. The lowest BCUT2D eigenvalue weighted by Crippen LogP contribution is -1.85. The smallest absolute Gasteiger partial charge is 0.124 e. The van der Waals surface area contributed by atoms with Gasteiger partial charge < -0.3 is 0 Å². The maximum atomic E-state index is 4.37. The predicted octanol–water partition coefficient (Wildman–Crippen LogP) is 3.72. The molecule has 0 spiro atoms. The first-order valence-corrected chi connectivity index (χ1v) is 5.72. The maximum Gasteiger partial charge on any atom is 0.124 e. The summed E-state index contributed by atoms with van der Waals surface area (Å²) in [6.45, 7) is 4.25. The maximum absolute atomic E-state index is 4.37. The minimum absolute atomic E-state index is 0.797. The van der Waals surface area contributed by atoms with Crippen molar-refractivity contribution in [3.05, 3.63) is 34.7 Å². The summed E-state index contributed by atoms with van der Waals surface area (Å²) in [5.41, 5.74) is 3.82. The standard InChI is InChI=1S/C11H11NS2/c1-7-4-3-5-9(8(7)2)11-12-10(13)6-14-11/h3-6,13H,1-2H3. The van der Waals surface area contributed by atoms with Crippen LogP contribution in [0.1, 0.15) is 11.1 Å². The van der Waals surface area contributed by atoms with Crippen LogP contribution < -0.4 is 0 Å². The Morgan fingerprint density at radius 1 is 1.29 bits per heavy atom. The van der Waals surface area contributed by atoms with Gasteiger partial charge in [-0.05, 0) is 25.0 Å². The zero-order valence-electron chi connectivity index (χ0n) is 8.11. The highest BCUT2D eigenvalue weighted by atomic mass is 32.1. The lowest BCUT2D eigenvalue weighted by Gasteiger charge is -2.04. The summed E-state index contributed by atoms with van der Waals surface area (Å²) >= 11 is 5.85. The van der Waals surface area contributed by atoms with E-state index in [9.17, 15) is 0 Å². The Morgan fingerprint density at radius 2 is 2.07 bits per heavy atom. The summed E-state index contributed by atoms with van der Waals surface area (Å²) in [6, 6.07) is 6.29. The molecule has 0 aliphatic rings. The Balaban J connectivity index is 2.57. The van der Waals surface area contributed by atoms with Crippen LogP contribution in [0.2, 0.25) is 0 Å². The molecule has 0 fully saturated rings. The van der Waals surface area contributed by atoms with Crippen LogP contribution in [0.5, 0.6) is 0 Å². The summed E-state index contributed by atoms with van der Waals surface area (Å²) in [4.78, 5) is 4.37. The third kappa shape index (κ3) is 1.70. The molecule has 0 aliphatic carbocycles. The van der Waals surface area contributed by atoms with Crippen LogP contribution in [-0.4, -0.2) is 4.98 Å². The molecule has 2 rings (SSSR count). The Morgan fingerprint density at radius 3 is 2.71 bits per heavy atom. The monoisotopic (exact) mass is 221 g/mol. The topological polar surface area (TPSA) is 12.9 Å². The average Bonchev–Trinajstić information content (AvgIpc) is 2.57. The van der Waals surface area contributed by atoms with Gasteiger partial charge in [-0.2, -0.15) is 0 Å². The van der Waals surface area contributed by atoms with Gasteiger partial charge in [0.2, 0.25) is 0 Å². The highest BCUT2D eigenvalue weighted by Crippen LogP contribution is 2.28. The first-order chi connectivity index (χ1) is 6.68. The number of thiol groups is 1. The predicted molar refractivity (Wildman–Crippen MR) is 64.3 cm³/mol. The minimum atomic E-state index is 0.797. The van der Waals surface area contributed by atoms with E-state index in [0.717, 1.165) is 10.0 Å². The van der Waals surface area contributed by atoms with E-state index in [0.29, 0.717) is 0 Å². The molecule has 0 saturated heterocycles. The van der Waals surface area contributed by atoms with Gasteiger partial charge in [-0.3, -0.25) is 0 Å². The van der Waals surface area contributed by atoms with Gasteiger partial charge in [-0.1, -0.05) is 18.2 Å². The average molecular weight is 221 g/mol. The fraction of sp³-hybridized carbons (Fsp3) is 0.182. The number of hydrogen-bond donors (Lipinski definition) is 1. The van der Waals surface area contributed by atoms with Crippen molar-refractivity contribution < 1.29 is 0 Å². The van der Waals surface area contributed by atoms with E-state index in [2.05, 4.69) is 49.7 Å². The van der Waals surface area contributed by atoms with Crippen molar-refractivity contribution in [1.82, 2.24) is 4.98 Å². The van der Waals surface area contributed by atoms with Gasteiger partial charge in [-0.25, -0.2) is 4.98 Å². The van der Waals surface area contributed by atoms with Crippen LogP contribution in [0.4, 0.5) is 0 Å². The number of thiazole rings is 1. The highest BCUT2D eigenvalue weighted by Gasteiger charge is 2.06. The molecule has 0 unspecified atom stereocenters. The van der Waals surface area contributed by atoms with Crippen LogP contribution in [0, 0.1) is 13.8 Å². The van der Waals surface area contributed by atoms with Crippen LogP contribution >= 0.6 is 24.0 Å². The lowest BCUT2D eigenvalue weighted by molar-refractivity contribution is 1.21. The number of aryl methyl sites for hydroxylation is 1. The molecule has 3 heteroatoms. The molecular weight excluding hydrogens is 210 g/mol. The number of hydrogen-bond acceptors (Lipinski definition) is 3. The molecule has 1 aromatic heterocycles. The molecule has 1 aromatic carbocycles. The largest absolute Gasteiger partial charge is 0.230 e. The molecule has 1 heterocycles. The van der Waals surface area contributed by atoms with Crippen molar-refractivity contribution in [2.75, 3.05) is 0 Å². The fourth-order valence-corrected chi connectivity index (χ4v) is 2.47. The number of aromatic nitrogens is 1. The van der Waals surface area contributed by atoms with E-state index in [1.54, 1.807) is 11.3 Å². The van der Waals surface area contributed by atoms with Crippen LogP contribution in [0.15, 0.2) is 28.6 Å². The van der Waals surface area contributed by atoms with E-state index in [4.69, 9.17) is 0 Å². The summed E-state index contributed by atoms with van der Waals surface area (Å²) in [5.74, 6) is 0. The zero-order chi connectivity index (χ0) is 10.1. The number of nitrogens with zero attached hydrogens (tertiary/aromatic N) is 1. The molecule has 72 valence electrons. The molecule has 0 bridgehead atoms. The van der Waals surface area contributed by atoms with Gasteiger partial charge in [0.05, 0.1) is 0 Å². The van der Waals surface area contributed by atoms with Gasteiger partial charge in [0, 0.05) is 10.9 Å². The van der Waals surface area contributed by atoms with E-state index < -0.39 is 0 Å². The summed E-state index contributed by atoms with van der Waals surface area (Å²) in [7, 11) is 0. The molecule has 14 heavy (non-hydrogen) atoms. The molecule has 0 aliphatic heterocycles. The summed E-state index contributed by atoms with van der Waals surface area (Å²) < 4.78 is 0. The molecule has 0 N–H and O–H groups in total. The minimum Gasteiger partial charge on any atom is -0.230 e. The second kappa shape index (κ2) is 3.75. The van der Waals surface area contributed by atoms with Crippen molar-refractivity contribution in [2.45, 2.75) is 18.9 Å². The first kappa shape index (κ1) is 9.74. The molecule has 1 nitrogen and oxygen atoms in total. The zero-order valence-corrected chi connectivity index (χ0v) is 9.82. The van der Waals surface area contributed by atoms with Gasteiger partial charge in [-0.15, -0.1) is 24.0 Å². The Bertz CT molecular complexity index is 460. The van der Waals surface area contributed by atoms with Crippen molar-refractivity contribution >= 4 is 24.0 Å².